The molecule has 3 fully saturated rings. The molecule has 3 heteroatoms. The van der Waals surface area contributed by atoms with Gasteiger partial charge in [-0.3, -0.25) is 4.79 Å². The number of amides is 1. The Bertz CT molecular complexity index is 333. The Morgan fingerprint density at radius 2 is 2.06 bits per heavy atom. The molecule has 0 unspecified atom stereocenters. The lowest BCUT2D eigenvalue weighted by Crippen LogP contribution is -2.42. The van der Waals surface area contributed by atoms with E-state index in [4.69, 9.17) is 4.74 Å². The molecule has 3 atom stereocenters. The fraction of sp³-hybridized carbons (Fsp3) is 0.933. The van der Waals surface area contributed by atoms with Gasteiger partial charge in [0.15, 0.2) is 0 Å². The first-order chi connectivity index (χ1) is 8.59. The van der Waals surface area contributed by atoms with Crippen molar-refractivity contribution in [2.24, 2.45) is 17.3 Å². The summed E-state index contributed by atoms with van der Waals surface area (Å²) in [5.74, 6) is 1.23. The molecule has 18 heavy (non-hydrogen) atoms. The SMILES string of the molecule is CC1(C)CN(C(=O)[C@@H]2CCCOC2)[C@H]2CCC[C@H]21. The minimum absolute atomic E-state index is 0.133. The Hall–Kier alpha value is -0.570. The Kier molecular flexibility index (Phi) is 3.13. The highest BCUT2D eigenvalue weighted by molar-refractivity contribution is 5.80. The maximum Gasteiger partial charge on any atom is 0.228 e. The second kappa shape index (κ2) is 4.52. The number of hydrogen-bond donors (Lipinski definition) is 0. The first-order valence-corrected chi connectivity index (χ1v) is 7.48. The molecule has 0 aromatic heterocycles. The molecule has 0 bridgehead atoms. The Morgan fingerprint density at radius 1 is 1.22 bits per heavy atom. The van der Waals surface area contributed by atoms with Gasteiger partial charge in [0.2, 0.25) is 5.91 Å². The van der Waals surface area contributed by atoms with Crippen LogP contribution >= 0.6 is 0 Å². The number of fused-ring (bicyclic) bond motifs is 1. The standard InChI is InChI=1S/C15H25NO2/c1-15(2)10-16(13-7-3-6-12(13)15)14(17)11-5-4-8-18-9-11/h11-13H,3-10H2,1-2H3/t11-,12-,13+/m1/s1. The van der Waals surface area contributed by atoms with Crippen LogP contribution in [0.3, 0.4) is 0 Å². The van der Waals surface area contributed by atoms with Gasteiger partial charge in [0.05, 0.1) is 12.5 Å². The molecule has 1 aliphatic carbocycles. The third kappa shape index (κ3) is 1.97. The van der Waals surface area contributed by atoms with Crippen LogP contribution in [-0.2, 0) is 9.53 Å². The van der Waals surface area contributed by atoms with Crippen molar-refractivity contribution in [3.63, 3.8) is 0 Å². The van der Waals surface area contributed by atoms with E-state index in [1.807, 2.05) is 0 Å². The van der Waals surface area contributed by atoms with Crippen LogP contribution in [-0.4, -0.2) is 36.6 Å². The summed E-state index contributed by atoms with van der Waals surface area (Å²) in [6.07, 6.45) is 5.88. The van der Waals surface area contributed by atoms with Crippen LogP contribution in [0.2, 0.25) is 0 Å². The molecule has 1 amide bonds. The summed E-state index contributed by atoms with van der Waals surface area (Å²) in [6, 6.07) is 0.523. The molecule has 0 N–H and O–H groups in total. The van der Waals surface area contributed by atoms with Gasteiger partial charge >= 0.3 is 0 Å². The van der Waals surface area contributed by atoms with Gasteiger partial charge in [-0.05, 0) is 37.0 Å². The van der Waals surface area contributed by atoms with Crippen LogP contribution in [0.4, 0.5) is 0 Å². The first kappa shape index (κ1) is 12.5. The van der Waals surface area contributed by atoms with Crippen molar-refractivity contribution in [2.45, 2.75) is 52.0 Å². The van der Waals surface area contributed by atoms with Crippen molar-refractivity contribution in [3.05, 3.63) is 0 Å². The first-order valence-electron chi connectivity index (χ1n) is 7.48. The maximum atomic E-state index is 12.7. The molecule has 0 aromatic rings. The average Bonchev–Trinajstić information content (AvgIpc) is 2.93. The van der Waals surface area contributed by atoms with E-state index >= 15 is 0 Å². The van der Waals surface area contributed by atoms with Crippen LogP contribution in [0.1, 0.15) is 46.0 Å². The second-order valence-corrected chi connectivity index (χ2v) is 6.97. The van der Waals surface area contributed by atoms with Crippen LogP contribution < -0.4 is 0 Å². The summed E-state index contributed by atoms with van der Waals surface area (Å²) < 4.78 is 5.48. The van der Waals surface area contributed by atoms with E-state index in [9.17, 15) is 4.79 Å². The van der Waals surface area contributed by atoms with Gasteiger partial charge in [-0.15, -0.1) is 0 Å². The second-order valence-electron chi connectivity index (χ2n) is 6.97. The molecule has 0 radical (unpaired) electrons. The van der Waals surface area contributed by atoms with Crippen LogP contribution in [0, 0.1) is 17.3 Å². The number of hydrogen-bond acceptors (Lipinski definition) is 2. The zero-order valence-electron chi connectivity index (χ0n) is 11.7. The van der Waals surface area contributed by atoms with Crippen LogP contribution in [0.25, 0.3) is 0 Å². The third-order valence-corrected chi connectivity index (χ3v) is 5.25. The van der Waals surface area contributed by atoms with Crippen molar-refractivity contribution < 1.29 is 9.53 Å². The topological polar surface area (TPSA) is 29.5 Å². The largest absolute Gasteiger partial charge is 0.381 e. The molecule has 0 spiro atoms. The van der Waals surface area contributed by atoms with Gasteiger partial charge < -0.3 is 9.64 Å². The summed E-state index contributed by atoms with van der Waals surface area (Å²) in [4.78, 5) is 14.9. The van der Waals surface area contributed by atoms with Crippen LogP contribution in [0.5, 0.6) is 0 Å². The lowest BCUT2D eigenvalue weighted by atomic mass is 9.80. The highest BCUT2D eigenvalue weighted by atomic mass is 16.5. The summed E-state index contributed by atoms with van der Waals surface area (Å²) in [5, 5.41) is 0. The quantitative estimate of drug-likeness (QED) is 0.716. The van der Waals surface area contributed by atoms with Gasteiger partial charge in [0.25, 0.3) is 0 Å². The molecule has 1 saturated carbocycles. The van der Waals surface area contributed by atoms with E-state index in [-0.39, 0.29) is 5.92 Å². The van der Waals surface area contributed by atoms with Gasteiger partial charge in [0, 0.05) is 19.2 Å². The van der Waals surface area contributed by atoms with E-state index in [0.717, 1.165) is 31.9 Å². The van der Waals surface area contributed by atoms with Gasteiger partial charge in [0.1, 0.15) is 0 Å². The zero-order chi connectivity index (χ0) is 12.8. The predicted molar refractivity (Wildman–Crippen MR) is 70.2 cm³/mol. The van der Waals surface area contributed by atoms with E-state index < -0.39 is 0 Å². The van der Waals surface area contributed by atoms with Crippen LogP contribution in [0.15, 0.2) is 0 Å². The molecular formula is C15H25NO2. The number of nitrogens with zero attached hydrogens (tertiary/aromatic N) is 1. The Balaban J connectivity index is 1.74. The van der Waals surface area contributed by atoms with E-state index in [2.05, 4.69) is 18.7 Å². The van der Waals surface area contributed by atoms with E-state index in [1.165, 1.54) is 19.3 Å². The van der Waals surface area contributed by atoms with E-state index in [1.54, 1.807) is 0 Å². The third-order valence-electron chi connectivity index (χ3n) is 5.25. The molecule has 0 aromatic carbocycles. The summed E-state index contributed by atoms with van der Waals surface area (Å²) in [7, 11) is 0. The molecule has 2 saturated heterocycles. The highest BCUT2D eigenvalue weighted by Crippen LogP contribution is 2.49. The minimum atomic E-state index is 0.133. The van der Waals surface area contributed by atoms with Crippen molar-refractivity contribution in [1.82, 2.24) is 4.90 Å². The van der Waals surface area contributed by atoms with Crippen molar-refractivity contribution in [1.29, 1.82) is 0 Å². The summed E-state index contributed by atoms with van der Waals surface area (Å²) in [6.45, 7) is 7.10. The van der Waals surface area contributed by atoms with Gasteiger partial charge in [-0.2, -0.15) is 0 Å². The maximum absolute atomic E-state index is 12.7. The number of likely N-dealkylation sites (tertiary alicyclic amines) is 1. The smallest absolute Gasteiger partial charge is 0.228 e. The van der Waals surface area contributed by atoms with Crippen molar-refractivity contribution >= 4 is 5.91 Å². The lowest BCUT2D eigenvalue weighted by Gasteiger charge is -2.30. The molecule has 102 valence electrons. The molecule has 3 aliphatic rings. The lowest BCUT2D eigenvalue weighted by molar-refractivity contribution is -0.141. The van der Waals surface area contributed by atoms with Crippen molar-refractivity contribution in [3.8, 4) is 0 Å². The Labute approximate surface area is 110 Å². The molecule has 2 heterocycles. The number of ether oxygens (including phenoxy) is 1. The fourth-order valence-electron chi connectivity index (χ4n) is 4.31. The predicted octanol–water partition coefficient (Wildman–Crippen LogP) is 2.45. The number of carbonyl (C=O) groups is 1. The molecule has 2 aliphatic heterocycles. The highest BCUT2D eigenvalue weighted by Gasteiger charge is 2.51. The summed E-state index contributed by atoms with van der Waals surface area (Å²) >= 11 is 0. The molecule has 3 nitrogen and oxygen atoms in total. The monoisotopic (exact) mass is 251 g/mol. The molecular weight excluding hydrogens is 226 g/mol. The minimum Gasteiger partial charge on any atom is -0.381 e. The fourth-order valence-corrected chi connectivity index (χ4v) is 4.31. The Morgan fingerprint density at radius 3 is 2.78 bits per heavy atom. The van der Waals surface area contributed by atoms with E-state index in [0.29, 0.717) is 24.0 Å². The van der Waals surface area contributed by atoms with Crippen molar-refractivity contribution in [2.75, 3.05) is 19.8 Å². The van der Waals surface area contributed by atoms with Gasteiger partial charge in [-0.25, -0.2) is 0 Å². The van der Waals surface area contributed by atoms with Gasteiger partial charge in [-0.1, -0.05) is 20.3 Å². The zero-order valence-corrected chi connectivity index (χ0v) is 11.7. The normalized spacial score (nSPS) is 38.8. The summed E-state index contributed by atoms with van der Waals surface area (Å²) in [5.41, 5.74) is 0.312. The number of carbonyl (C=O) groups excluding carboxylic acids is 1. The average molecular weight is 251 g/mol. The molecule has 3 rings (SSSR count). The number of rotatable bonds is 1.